The first-order valence-electron chi connectivity index (χ1n) is 8.35. The third-order valence-corrected chi connectivity index (χ3v) is 5.70. The predicted octanol–water partition coefficient (Wildman–Crippen LogP) is 2.97. The molecule has 0 saturated heterocycles. The van der Waals surface area contributed by atoms with Crippen LogP contribution >= 0.6 is 11.6 Å². The summed E-state index contributed by atoms with van der Waals surface area (Å²) < 4.78 is 0. The van der Waals surface area contributed by atoms with Crippen molar-refractivity contribution in [2.24, 2.45) is 17.3 Å². The minimum absolute atomic E-state index is 0.0745. The molecule has 2 saturated carbocycles. The lowest BCUT2D eigenvalue weighted by molar-refractivity contribution is -0.129. The maximum Gasteiger partial charge on any atom is 0.225 e. The average Bonchev–Trinajstić information content (AvgIpc) is 2.88. The Kier molecular flexibility index (Phi) is 3.29. The lowest BCUT2D eigenvalue weighted by Gasteiger charge is -2.28. The number of fused-ring (bicyclic) bond motifs is 2. The Balaban J connectivity index is 1.54. The van der Waals surface area contributed by atoms with Crippen molar-refractivity contribution in [3.63, 3.8) is 0 Å². The van der Waals surface area contributed by atoms with Gasteiger partial charge in [0.25, 0.3) is 0 Å². The van der Waals surface area contributed by atoms with Gasteiger partial charge in [-0.2, -0.15) is 5.10 Å². The van der Waals surface area contributed by atoms with Gasteiger partial charge in [-0.25, -0.2) is 0 Å². The van der Waals surface area contributed by atoms with Crippen molar-refractivity contribution in [2.75, 3.05) is 0 Å². The van der Waals surface area contributed by atoms with E-state index in [0.29, 0.717) is 29.7 Å². The monoisotopic (exact) mass is 347 g/mol. The second kappa shape index (κ2) is 4.96. The van der Waals surface area contributed by atoms with Crippen LogP contribution in [0, 0.1) is 17.3 Å². The lowest BCUT2D eigenvalue weighted by Crippen LogP contribution is -2.39. The molecule has 1 aromatic carbocycles. The van der Waals surface area contributed by atoms with Gasteiger partial charge >= 0.3 is 0 Å². The van der Waals surface area contributed by atoms with Crippen LogP contribution in [0.5, 0.6) is 0 Å². The molecule has 3 N–H and O–H groups in total. The number of aliphatic hydroxyl groups is 1. The van der Waals surface area contributed by atoms with E-state index in [0.717, 1.165) is 16.5 Å². The molecule has 4 rings (SSSR count). The highest BCUT2D eigenvalue weighted by molar-refractivity contribution is 6.31. The van der Waals surface area contributed by atoms with Gasteiger partial charge in [0.2, 0.25) is 5.91 Å². The molecule has 2 fully saturated rings. The van der Waals surface area contributed by atoms with Crippen LogP contribution in [-0.2, 0) is 10.4 Å². The number of nitrogens with zero attached hydrogens (tertiary/aromatic N) is 1. The molecule has 0 bridgehead atoms. The number of carbonyl (C=O) groups excluding carboxylic acids is 1. The van der Waals surface area contributed by atoms with E-state index < -0.39 is 5.60 Å². The first kappa shape index (κ1) is 15.9. The van der Waals surface area contributed by atoms with Crippen molar-refractivity contribution in [3.8, 4) is 0 Å². The minimum Gasteiger partial charge on any atom is -0.385 e. The van der Waals surface area contributed by atoms with Gasteiger partial charge in [-0.1, -0.05) is 32.4 Å². The van der Waals surface area contributed by atoms with Crippen LogP contribution in [0.3, 0.4) is 0 Å². The Morgan fingerprint density at radius 1 is 1.38 bits per heavy atom. The topological polar surface area (TPSA) is 78.0 Å². The van der Waals surface area contributed by atoms with Crippen molar-refractivity contribution in [3.05, 3.63) is 28.9 Å². The number of carbonyl (C=O) groups is 1. The van der Waals surface area contributed by atoms with Crippen LogP contribution in [0.2, 0.25) is 5.02 Å². The fraction of sp³-hybridized carbons (Fsp3) is 0.556. The number of benzene rings is 1. The Morgan fingerprint density at radius 2 is 2.04 bits per heavy atom. The maximum absolute atomic E-state index is 12.2. The number of halogens is 1. The van der Waals surface area contributed by atoms with Crippen LogP contribution in [-0.4, -0.2) is 27.3 Å². The van der Waals surface area contributed by atoms with Crippen LogP contribution < -0.4 is 5.32 Å². The molecule has 0 spiro atoms. The molecule has 1 aromatic heterocycles. The summed E-state index contributed by atoms with van der Waals surface area (Å²) in [5.74, 6) is 0.745. The Bertz CT molecular complexity index is 811. The fourth-order valence-electron chi connectivity index (χ4n) is 4.07. The van der Waals surface area contributed by atoms with Crippen molar-refractivity contribution in [1.29, 1.82) is 0 Å². The molecule has 2 aromatic rings. The molecule has 1 amide bonds. The third-order valence-electron chi connectivity index (χ3n) is 5.48. The van der Waals surface area contributed by atoms with Gasteiger partial charge in [0.1, 0.15) is 0 Å². The number of aromatic nitrogens is 2. The smallest absolute Gasteiger partial charge is 0.225 e. The molecule has 128 valence electrons. The van der Waals surface area contributed by atoms with Crippen LogP contribution in [0.1, 0.15) is 39.2 Å². The Morgan fingerprint density at radius 3 is 2.67 bits per heavy atom. The number of aromatic amines is 1. The van der Waals surface area contributed by atoms with E-state index in [2.05, 4.69) is 15.5 Å². The Hall–Kier alpha value is -1.59. The largest absolute Gasteiger partial charge is 0.385 e. The quantitative estimate of drug-likeness (QED) is 0.781. The molecular weight excluding hydrogens is 326 g/mol. The number of rotatable bonds is 2. The molecule has 0 aliphatic heterocycles. The van der Waals surface area contributed by atoms with E-state index >= 15 is 0 Å². The van der Waals surface area contributed by atoms with Crippen molar-refractivity contribution in [1.82, 2.24) is 15.5 Å². The van der Waals surface area contributed by atoms with E-state index in [1.807, 2.05) is 32.9 Å². The second-order valence-electron chi connectivity index (χ2n) is 8.30. The molecule has 24 heavy (non-hydrogen) atoms. The predicted molar refractivity (Wildman–Crippen MR) is 92.6 cm³/mol. The first-order chi connectivity index (χ1) is 11.2. The van der Waals surface area contributed by atoms with Crippen molar-refractivity contribution in [2.45, 2.75) is 45.3 Å². The molecule has 0 unspecified atom stereocenters. The second-order valence-corrected chi connectivity index (χ2v) is 8.74. The van der Waals surface area contributed by atoms with Crippen molar-refractivity contribution < 1.29 is 9.90 Å². The van der Waals surface area contributed by atoms with E-state index in [4.69, 9.17) is 11.6 Å². The van der Waals surface area contributed by atoms with Gasteiger partial charge in [0, 0.05) is 21.9 Å². The SMILES string of the molecule is CC(C)(C)C(=O)N[C@H]1[C@@H]2C[C@@](O)(c3cc(Cl)cc4[nH]ncc34)C[C@@H]21. The molecule has 6 heteroatoms. The standard InChI is InChI=1S/C18H22ClN3O2/c1-17(2,3)16(23)21-15-10-6-18(24,7-11(10)15)13-4-9(19)5-14-12(13)8-20-22-14/h4-5,8,10-11,15,24H,6-7H2,1-3H3,(H,20,22)(H,21,23)/t10-,11+,15+,18+. The molecule has 2 aliphatic rings. The zero-order valence-corrected chi connectivity index (χ0v) is 14.8. The molecule has 0 radical (unpaired) electrons. The van der Waals surface area contributed by atoms with Gasteiger partial charge in [-0.3, -0.25) is 9.89 Å². The van der Waals surface area contributed by atoms with Gasteiger partial charge in [0.05, 0.1) is 17.3 Å². The summed E-state index contributed by atoms with van der Waals surface area (Å²) in [6, 6.07) is 3.85. The summed E-state index contributed by atoms with van der Waals surface area (Å²) in [7, 11) is 0. The van der Waals surface area contributed by atoms with Gasteiger partial charge in [0.15, 0.2) is 0 Å². The number of hydrogen-bond donors (Lipinski definition) is 3. The van der Waals surface area contributed by atoms with Gasteiger partial charge in [-0.05, 0) is 42.4 Å². The number of hydrogen-bond acceptors (Lipinski definition) is 3. The van der Waals surface area contributed by atoms with E-state index in [1.54, 1.807) is 6.20 Å². The zero-order valence-electron chi connectivity index (χ0n) is 14.1. The summed E-state index contributed by atoms with van der Waals surface area (Å²) >= 11 is 6.20. The van der Waals surface area contributed by atoms with E-state index in [-0.39, 0.29) is 17.4 Å². The highest BCUT2D eigenvalue weighted by Gasteiger charge is 2.62. The van der Waals surface area contributed by atoms with Gasteiger partial charge in [-0.15, -0.1) is 0 Å². The van der Waals surface area contributed by atoms with E-state index in [1.165, 1.54) is 0 Å². The summed E-state index contributed by atoms with van der Waals surface area (Å²) in [5, 5.41) is 22.8. The minimum atomic E-state index is -0.898. The van der Waals surface area contributed by atoms with Crippen LogP contribution in [0.4, 0.5) is 0 Å². The van der Waals surface area contributed by atoms with Crippen LogP contribution in [0.15, 0.2) is 18.3 Å². The third kappa shape index (κ3) is 2.42. The summed E-state index contributed by atoms with van der Waals surface area (Å²) in [6.07, 6.45) is 3.03. The maximum atomic E-state index is 12.2. The average molecular weight is 348 g/mol. The first-order valence-corrected chi connectivity index (χ1v) is 8.73. The zero-order chi connectivity index (χ0) is 17.3. The molecular formula is C18H22ClN3O2. The Labute approximate surface area is 145 Å². The number of nitrogens with one attached hydrogen (secondary N) is 2. The van der Waals surface area contributed by atoms with Crippen molar-refractivity contribution >= 4 is 28.4 Å². The number of H-pyrrole nitrogens is 1. The summed E-state index contributed by atoms with van der Waals surface area (Å²) in [6.45, 7) is 5.75. The number of amides is 1. The molecule has 1 heterocycles. The van der Waals surface area contributed by atoms with Crippen LogP contribution in [0.25, 0.3) is 10.9 Å². The lowest BCUT2D eigenvalue weighted by atomic mass is 9.86. The highest BCUT2D eigenvalue weighted by Crippen LogP contribution is 2.60. The highest BCUT2D eigenvalue weighted by atomic mass is 35.5. The molecule has 2 aliphatic carbocycles. The fourth-order valence-corrected chi connectivity index (χ4v) is 4.29. The summed E-state index contributed by atoms with van der Waals surface area (Å²) in [4.78, 5) is 12.2. The molecule has 4 atom stereocenters. The molecule has 5 nitrogen and oxygen atoms in total. The van der Waals surface area contributed by atoms with E-state index in [9.17, 15) is 9.90 Å². The normalized spacial score (nSPS) is 32.0. The summed E-state index contributed by atoms with van der Waals surface area (Å²) in [5.41, 5.74) is 0.393. The van der Waals surface area contributed by atoms with Gasteiger partial charge < -0.3 is 10.4 Å².